The van der Waals surface area contributed by atoms with Crippen molar-refractivity contribution in [1.29, 1.82) is 0 Å². The molecule has 23 nitrogen and oxygen atoms in total. The number of halogens is 2. The zero-order valence-corrected chi connectivity index (χ0v) is 54.4. The number of amides is 1. The Bertz CT molecular complexity index is 3960. The van der Waals surface area contributed by atoms with Crippen LogP contribution in [0.4, 0.5) is 5.82 Å². The first-order chi connectivity index (χ1) is 44.2. The lowest BCUT2D eigenvalue weighted by atomic mass is 9.80. The molecular formula is C65H70Cl2N6O17P2. The lowest BCUT2D eigenvalue weighted by Gasteiger charge is -2.37. The molecule has 0 saturated carbocycles. The molecule has 2 fully saturated rings. The van der Waals surface area contributed by atoms with E-state index >= 15 is 4.57 Å². The number of hydrogen-bond acceptors (Lipinski definition) is 18. The minimum Gasteiger partial charge on any atom is -0.497 e. The Balaban J connectivity index is 0.00000135. The van der Waals surface area contributed by atoms with E-state index in [9.17, 15) is 28.6 Å². The standard InChI is InChI=1S/C59H55Cl2N5O17P2.C6H15N/c1-37-34-66(58(70)64-55(37)67)54-33-49(50(78-54)35-76-59(39-12-8-5-9-13-39,40-14-22-44(74-2)23-15-40)41-16-24-45(75-3)25-17-41)83-85(73,81-47-28-20-43(61)21-29-47)77-36-51-48(82-84(71,72)80-46-26-18-42(60)19-27-46)32-53(79-51)65-31-30-52(63-57(65)69)62-56(68)38-10-6-4-7-11-38;1-4-7(5-2)6-3/h4-31,34,48-51,53-54H,32-33,35-36H2,1-3H3,(H,71,72)(H,64,67,70)(H,62,63,68,69);4-6H2,1-3H3/t48-,49-,50+,51+,53+,54+,85?;/m0./s1. The van der Waals surface area contributed by atoms with E-state index in [2.05, 4.69) is 41.0 Å². The Kier molecular flexibility index (Phi) is 23.3. The largest absolute Gasteiger partial charge is 0.530 e. The number of ether oxygens (including phenoxy) is 5. The van der Waals surface area contributed by atoms with Gasteiger partial charge in [0.15, 0.2) is 0 Å². The van der Waals surface area contributed by atoms with Gasteiger partial charge >= 0.3 is 27.0 Å². The Labute approximate surface area is 540 Å². The Morgan fingerprint density at radius 3 is 1.67 bits per heavy atom. The zero-order chi connectivity index (χ0) is 65.6. The molecule has 4 heterocycles. The molecule has 0 aliphatic carbocycles. The summed E-state index contributed by atoms with van der Waals surface area (Å²) in [5.74, 6) is 0.425. The molecule has 2 aromatic heterocycles. The fourth-order valence-corrected chi connectivity index (χ4v) is 13.0. The number of carbonyl (C=O) groups is 1. The molecule has 0 spiro atoms. The molecule has 6 aromatic carbocycles. The lowest BCUT2D eigenvalue weighted by molar-refractivity contribution is -0.0949. The fourth-order valence-electron chi connectivity index (χ4n) is 10.4. The number of aromatic amines is 1. The van der Waals surface area contributed by atoms with Gasteiger partial charge in [-0.25, -0.2) is 18.7 Å². The van der Waals surface area contributed by atoms with Crippen molar-refractivity contribution < 1.29 is 65.1 Å². The molecule has 92 heavy (non-hydrogen) atoms. The summed E-state index contributed by atoms with van der Waals surface area (Å²) in [5.41, 5.74) is -1.24. The second-order valence-electron chi connectivity index (χ2n) is 21.1. The average Bonchev–Trinajstić information content (AvgIpc) is 0.799. The maximum atomic E-state index is 15.7. The maximum Gasteiger partial charge on any atom is 0.530 e. The molecular weight excluding hydrogens is 1270 g/mol. The van der Waals surface area contributed by atoms with E-state index in [4.69, 9.17) is 69.5 Å². The lowest BCUT2D eigenvalue weighted by Crippen LogP contribution is -2.38. The minimum absolute atomic E-state index is 0.0445. The van der Waals surface area contributed by atoms with Gasteiger partial charge in [-0.2, -0.15) is 4.98 Å². The predicted octanol–water partition coefficient (Wildman–Crippen LogP) is 11.8. The maximum absolute atomic E-state index is 15.7. The van der Waals surface area contributed by atoms with Gasteiger partial charge in [-0.05, 0) is 134 Å². The normalized spacial score (nSPS) is 19.2. The summed E-state index contributed by atoms with van der Waals surface area (Å²) < 4.78 is 93.2. The van der Waals surface area contributed by atoms with Crippen LogP contribution in [0.15, 0.2) is 191 Å². The SMILES string of the molecule is CCN(CC)CC.COc1ccc(C(OC[C@H]2O[C@@H](n3cc(C)c(=O)[nH]c3=O)C[C@@H]2OP(=O)(OC[C@H]2O[C@@H](n3ccc(NC(=O)c4ccccc4)nc3=O)C[C@@H]2OP(=O)(O)Oc2ccc(Cl)cc2)Oc2ccc(Cl)cc2)(c2ccccc2)c2ccc(OC)cc2)cc1. The minimum atomic E-state index is -5.07. The number of rotatable bonds is 26. The molecule has 2 unspecified atom stereocenters. The first-order valence-corrected chi connectivity index (χ1v) is 33.1. The van der Waals surface area contributed by atoms with Crippen LogP contribution in [0.3, 0.4) is 0 Å². The van der Waals surface area contributed by atoms with Crippen molar-refractivity contribution in [3.8, 4) is 23.0 Å². The van der Waals surface area contributed by atoms with E-state index in [0.29, 0.717) is 43.8 Å². The molecule has 3 N–H and O–H groups in total. The highest BCUT2D eigenvalue weighted by Gasteiger charge is 2.49. The van der Waals surface area contributed by atoms with E-state index in [1.807, 2.05) is 54.6 Å². The van der Waals surface area contributed by atoms with Crippen molar-refractivity contribution in [2.75, 3.05) is 52.4 Å². The third-order valence-electron chi connectivity index (χ3n) is 15.2. The van der Waals surface area contributed by atoms with Crippen LogP contribution in [0.2, 0.25) is 10.0 Å². The van der Waals surface area contributed by atoms with Crippen LogP contribution in [0.25, 0.3) is 0 Å². The van der Waals surface area contributed by atoms with Gasteiger partial charge in [-0.1, -0.05) is 117 Å². The van der Waals surface area contributed by atoms with Gasteiger partial charge in [0.05, 0.1) is 27.4 Å². The van der Waals surface area contributed by atoms with Gasteiger partial charge in [0.2, 0.25) is 0 Å². The average molecular weight is 1340 g/mol. The number of hydrogen-bond donors (Lipinski definition) is 3. The summed E-state index contributed by atoms with van der Waals surface area (Å²) in [6.07, 6.45) is -5.84. The first-order valence-electron chi connectivity index (χ1n) is 29.4. The van der Waals surface area contributed by atoms with Crippen molar-refractivity contribution in [3.63, 3.8) is 0 Å². The Morgan fingerprint density at radius 1 is 0.663 bits per heavy atom. The number of phosphoric acid groups is 2. The smallest absolute Gasteiger partial charge is 0.497 e. The summed E-state index contributed by atoms with van der Waals surface area (Å²) in [5, 5.41) is 3.21. The number of carbonyl (C=O) groups excluding carboxylic acids is 1. The number of aromatic nitrogens is 4. The molecule has 0 bridgehead atoms. The van der Waals surface area contributed by atoms with Gasteiger partial charge in [0, 0.05) is 46.4 Å². The quantitative estimate of drug-likeness (QED) is 0.0336. The van der Waals surface area contributed by atoms with Crippen molar-refractivity contribution >= 4 is 50.6 Å². The number of nitrogens with one attached hydrogen (secondary N) is 2. The highest BCUT2D eigenvalue weighted by atomic mass is 35.5. The van der Waals surface area contributed by atoms with Gasteiger partial charge in [0.1, 0.15) is 71.3 Å². The highest BCUT2D eigenvalue weighted by Crippen LogP contribution is 2.55. The number of anilines is 1. The molecule has 2 aliphatic rings. The van der Waals surface area contributed by atoms with E-state index in [0.717, 1.165) is 4.57 Å². The van der Waals surface area contributed by atoms with Crippen LogP contribution >= 0.6 is 38.8 Å². The van der Waals surface area contributed by atoms with Gasteiger partial charge < -0.3 is 42.9 Å². The number of nitrogens with zero attached hydrogens (tertiary/aromatic N) is 4. The second kappa shape index (κ2) is 31.3. The second-order valence-corrected chi connectivity index (χ2v) is 24.8. The van der Waals surface area contributed by atoms with E-state index in [-0.39, 0.29) is 42.3 Å². The van der Waals surface area contributed by atoms with Crippen LogP contribution in [-0.2, 0) is 42.5 Å². The molecule has 27 heteroatoms. The van der Waals surface area contributed by atoms with E-state index in [1.54, 1.807) is 68.8 Å². The van der Waals surface area contributed by atoms with Crippen LogP contribution in [0.1, 0.15) is 78.7 Å². The predicted molar refractivity (Wildman–Crippen MR) is 345 cm³/mol. The van der Waals surface area contributed by atoms with Gasteiger partial charge in [0.25, 0.3) is 11.5 Å². The number of aryl methyl sites for hydroxylation is 1. The van der Waals surface area contributed by atoms with E-state index in [1.165, 1.54) is 98.1 Å². The number of phosphoric ester groups is 2. The Hall–Kier alpha value is -7.73. The number of benzene rings is 6. The molecule has 0 radical (unpaired) electrons. The topological polar surface area (TPSA) is 269 Å². The van der Waals surface area contributed by atoms with Crippen LogP contribution in [0.5, 0.6) is 23.0 Å². The number of H-pyrrole nitrogens is 1. The molecule has 10 rings (SSSR count). The van der Waals surface area contributed by atoms with Crippen LogP contribution in [0, 0.1) is 6.92 Å². The summed E-state index contributed by atoms with van der Waals surface area (Å²) in [6.45, 7) is 10.5. The fraction of sp³-hybridized carbons (Fsp3) is 0.308. The van der Waals surface area contributed by atoms with Crippen molar-refractivity contribution in [2.24, 2.45) is 0 Å². The summed E-state index contributed by atoms with van der Waals surface area (Å²) in [6, 6.07) is 44.9. The summed E-state index contributed by atoms with van der Waals surface area (Å²) in [7, 11) is -7.03. The first kappa shape index (κ1) is 68.6. The van der Waals surface area contributed by atoms with Gasteiger partial charge in [-0.3, -0.25) is 42.2 Å². The van der Waals surface area contributed by atoms with Crippen molar-refractivity contribution in [1.82, 2.24) is 24.0 Å². The molecule has 1 amide bonds. The molecule has 2 saturated heterocycles. The molecule has 2 aliphatic heterocycles. The van der Waals surface area contributed by atoms with Crippen molar-refractivity contribution in [2.45, 2.75) is 83.0 Å². The van der Waals surface area contributed by atoms with E-state index < -0.39 is 87.6 Å². The Morgan fingerprint density at radius 2 is 1.15 bits per heavy atom. The van der Waals surface area contributed by atoms with Crippen LogP contribution in [-0.4, -0.2) is 106 Å². The summed E-state index contributed by atoms with van der Waals surface area (Å²) >= 11 is 12.3. The van der Waals surface area contributed by atoms with Gasteiger partial charge in [-0.15, -0.1) is 0 Å². The summed E-state index contributed by atoms with van der Waals surface area (Å²) in [4.78, 5) is 72.8. The third-order valence-corrected chi connectivity index (χ3v) is 18.1. The van der Waals surface area contributed by atoms with Crippen LogP contribution < -0.4 is 40.8 Å². The molecule has 486 valence electrons. The molecule has 8 atom stereocenters. The number of methoxy groups -OCH3 is 2. The van der Waals surface area contributed by atoms with Crippen molar-refractivity contribution in [3.05, 3.63) is 245 Å². The highest BCUT2D eigenvalue weighted by molar-refractivity contribution is 7.49. The zero-order valence-electron chi connectivity index (χ0n) is 51.1. The monoisotopic (exact) mass is 1340 g/mol. The molecule has 8 aromatic rings. The third kappa shape index (κ3) is 17.3.